The zero-order valence-corrected chi connectivity index (χ0v) is 14.9. The first-order valence-corrected chi connectivity index (χ1v) is 9.03. The predicted molar refractivity (Wildman–Crippen MR) is 90.7 cm³/mol. The molecule has 3 nitrogen and oxygen atoms in total. The SMILES string of the molecule is CC1CCCC2(CCN(C(C)c3ccc(Br)cc3)C(=O)O2)C1. The first kappa shape index (κ1) is 15.9. The molecule has 3 atom stereocenters. The highest BCUT2D eigenvalue weighted by Gasteiger charge is 2.44. The van der Waals surface area contributed by atoms with Crippen molar-refractivity contribution in [2.24, 2.45) is 5.92 Å². The molecule has 1 saturated carbocycles. The van der Waals surface area contributed by atoms with E-state index in [-0.39, 0.29) is 17.7 Å². The number of nitrogens with zero attached hydrogens (tertiary/aromatic N) is 1. The molecule has 0 aromatic heterocycles. The Morgan fingerprint density at radius 3 is 2.68 bits per heavy atom. The van der Waals surface area contributed by atoms with Crippen molar-refractivity contribution in [1.29, 1.82) is 0 Å². The van der Waals surface area contributed by atoms with Crippen molar-refractivity contribution < 1.29 is 9.53 Å². The number of benzene rings is 1. The summed E-state index contributed by atoms with van der Waals surface area (Å²) in [6.07, 6.45) is 5.32. The van der Waals surface area contributed by atoms with Crippen LogP contribution in [0.2, 0.25) is 0 Å². The minimum absolute atomic E-state index is 0.0546. The molecule has 0 bridgehead atoms. The number of rotatable bonds is 2. The lowest BCUT2D eigenvalue weighted by Crippen LogP contribution is -2.51. The third kappa shape index (κ3) is 3.17. The molecule has 22 heavy (non-hydrogen) atoms. The first-order valence-electron chi connectivity index (χ1n) is 8.24. The fourth-order valence-electron chi connectivity index (χ4n) is 3.92. The number of halogens is 1. The Balaban J connectivity index is 1.70. The molecule has 1 spiro atoms. The molecule has 1 aromatic rings. The third-order valence-corrected chi connectivity index (χ3v) is 5.75. The van der Waals surface area contributed by atoms with E-state index in [1.165, 1.54) is 12.8 Å². The maximum atomic E-state index is 12.6. The number of carbonyl (C=O) groups is 1. The molecule has 1 heterocycles. The van der Waals surface area contributed by atoms with E-state index < -0.39 is 0 Å². The van der Waals surface area contributed by atoms with E-state index in [0.717, 1.165) is 35.8 Å². The van der Waals surface area contributed by atoms with Gasteiger partial charge in [-0.2, -0.15) is 0 Å². The Kier molecular flexibility index (Phi) is 4.49. The maximum absolute atomic E-state index is 12.6. The molecule has 3 rings (SSSR count). The Hall–Kier alpha value is -1.03. The topological polar surface area (TPSA) is 29.5 Å². The highest BCUT2D eigenvalue weighted by molar-refractivity contribution is 9.10. The van der Waals surface area contributed by atoms with Gasteiger partial charge in [-0.05, 0) is 49.8 Å². The molecule has 1 aliphatic carbocycles. The van der Waals surface area contributed by atoms with Gasteiger partial charge in [-0.3, -0.25) is 0 Å². The van der Waals surface area contributed by atoms with E-state index in [1.807, 2.05) is 17.0 Å². The van der Waals surface area contributed by atoms with Gasteiger partial charge in [0.05, 0.1) is 6.04 Å². The van der Waals surface area contributed by atoms with Crippen molar-refractivity contribution in [3.05, 3.63) is 34.3 Å². The van der Waals surface area contributed by atoms with Crippen molar-refractivity contribution in [2.45, 2.75) is 57.6 Å². The molecule has 1 aromatic carbocycles. The molecule has 0 radical (unpaired) electrons. The molecule has 120 valence electrons. The summed E-state index contributed by atoms with van der Waals surface area (Å²) in [5, 5.41) is 0. The van der Waals surface area contributed by atoms with Crippen LogP contribution in [0.5, 0.6) is 0 Å². The molecular formula is C18H24BrNO2. The Morgan fingerprint density at radius 1 is 1.32 bits per heavy atom. The van der Waals surface area contributed by atoms with Crippen LogP contribution in [0.15, 0.2) is 28.7 Å². The van der Waals surface area contributed by atoms with Crippen molar-refractivity contribution >= 4 is 22.0 Å². The summed E-state index contributed by atoms with van der Waals surface area (Å²) in [6.45, 7) is 5.14. The van der Waals surface area contributed by atoms with Crippen LogP contribution in [0.3, 0.4) is 0 Å². The monoisotopic (exact) mass is 365 g/mol. The number of carbonyl (C=O) groups excluding carboxylic acids is 1. The normalized spacial score (nSPS) is 30.2. The second-order valence-electron chi connectivity index (χ2n) is 6.92. The fourth-order valence-corrected chi connectivity index (χ4v) is 4.18. The minimum atomic E-state index is -0.190. The summed E-state index contributed by atoms with van der Waals surface area (Å²) in [4.78, 5) is 14.4. The average molecular weight is 366 g/mol. The molecule has 3 unspecified atom stereocenters. The summed E-state index contributed by atoms with van der Waals surface area (Å²) >= 11 is 3.45. The largest absolute Gasteiger partial charge is 0.443 e. The number of hydrogen-bond donors (Lipinski definition) is 0. The van der Waals surface area contributed by atoms with E-state index in [1.54, 1.807) is 0 Å². The quantitative estimate of drug-likeness (QED) is 0.711. The van der Waals surface area contributed by atoms with Crippen LogP contribution in [0.1, 0.15) is 57.6 Å². The van der Waals surface area contributed by atoms with Crippen LogP contribution in [-0.4, -0.2) is 23.1 Å². The van der Waals surface area contributed by atoms with Gasteiger partial charge in [0.15, 0.2) is 0 Å². The lowest BCUT2D eigenvalue weighted by Gasteiger charge is -2.46. The summed E-state index contributed by atoms with van der Waals surface area (Å²) in [6, 6.07) is 8.22. The summed E-state index contributed by atoms with van der Waals surface area (Å²) in [7, 11) is 0. The molecule has 1 amide bonds. The number of amides is 1. The van der Waals surface area contributed by atoms with Gasteiger partial charge in [-0.25, -0.2) is 4.79 Å². The van der Waals surface area contributed by atoms with Crippen LogP contribution < -0.4 is 0 Å². The average Bonchev–Trinajstić information content (AvgIpc) is 2.47. The van der Waals surface area contributed by atoms with Gasteiger partial charge in [-0.1, -0.05) is 41.4 Å². The summed E-state index contributed by atoms with van der Waals surface area (Å²) in [5.41, 5.74) is 0.957. The molecule has 0 N–H and O–H groups in total. The second kappa shape index (κ2) is 6.23. The van der Waals surface area contributed by atoms with Crippen molar-refractivity contribution in [3.8, 4) is 0 Å². The van der Waals surface area contributed by atoms with E-state index in [2.05, 4.69) is 41.9 Å². The Labute approximate surface area is 141 Å². The van der Waals surface area contributed by atoms with Gasteiger partial charge in [0.2, 0.25) is 0 Å². The highest BCUT2D eigenvalue weighted by Crippen LogP contribution is 2.41. The van der Waals surface area contributed by atoms with Crippen molar-refractivity contribution in [2.75, 3.05) is 6.54 Å². The Bertz CT molecular complexity index is 545. The summed E-state index contributed by atoms with van der Waals surface area (Å²) < 4.78 is 7.00. The van der Waals surface area contributed by atoms with Gasteiger partial charge in [0.1, 0.15) is 5.60 Å². The number of ether oxygens (including phenoxy) is 1. The standard InChI is InChI=1S/C18H24BrNO2/c1-13-4-3-9-18(12-13)10-11-20(17(21)22-18)14(2)15-5-7-16(19)8-6-15/h5-8,13-14H,3-4,9-12H2,1-2H3. The zero-order chi connectivity index (χ0) is 15.7. The van der Waals surface area contributed by atoms with Crippen LogP contribution in [0, 0.1) is 5.92 Å². The minimum Gasteiger partial charge on any atom is -0.443 e. The highest BCUT2D eigenvalue weighted by atomic mass is 79.9. The smallest absolute Gasteiger partial charge is 0.410 e. The molecule has 1 saturated heterocycles. The van der Waals surface area contributed by atoms with Crippen LogP contribution in [0.25, 0.3) is 0 Å². The molecule has 1 aliphatic heterocycles. The molecule has 2 aliphatic rings. The van der Waals surface area contributed by atoms with Gasteiger partial charge in [0.25, 0.3) is 0 Å². The van der Waals surface area contributed by atoms with Crippen LogP contribution in [0.4, 0.5) is 4.79 Å². The van der Waals surface area contributed by atoms with E-state index in [0.29, 0.717) is 5.92 Å². The number of hydrogen-bond acceptors (Lipinski definition) is 2. The van der Waals surface area contributed by atoms with Gasteiger partial charge < -0.3 is 9.64 Å². The maximum Gasteiger partial charge on any atom is 0.410 e. The van der Waals surface area contributed by atoms with E-state index in [4.69, 9.17) is 4.74 Å². The van der Waals surface area contributed by atoms with Gasteiger partial charge in [-0.15, -0.1) is 0 Å². The predicted octanol–water partition coefficient (Wildman–Crippen LogP) is 5.30. The van der Waals surface area contributed by atoms with Crippen molar-refractivity contribution in [1.82, 2.24) is 4.90 Å². The zero-order valence-electron chi connectivity index (χ0n) is 13.3. The summed E-state index contributed by atoms with van der Waals surface area (Å²) in [5.74, 6) is 0.664. The van der Waals surface area contributed by atoms with Crippen LogP contribution >= 0.6 is 15.9 Å². The lowest BCUT2D eigenvalue weighted by atomic mass is 9.76. The van der Waals surface area contributed by atoms with Gasteiger partial charge in [0, 0.05) is 17.4 Å². The lowest BCUT2D eigenvalue weighted by molar-refractivity contribution is -0.0841. The molecule has 2 fully saturated rings. The Morgan fingerprint density at radius 2 is 2.05 bits per heavy atom. The fraction of sp³-hybridized carbons (Fsp3) is 0.611. The molecule has 4 heteroatoms. The van der Waals surface area contributed by atoms with E-state index in [9.17, 15) is 4.79 Å². The first-order chi connectivity index (χ1) is 10.5. The van der Waals surface area contributed by atoms with Gasteiger partial charge >= 0.3 is 6.09 Å². The van der Waals surface area contributed by atoms with Crippen molar-refractivity contribution in [3.63, 3.8) is 0 Å². The molecular weight excluding hydrogens is 342 g/mol. The third-order valence-electron chi connectivity index (χ3n) is 5.22. The van der Waals surface area contributed by atoms with Crippen LogP contribution in [-0.2, 0) is 4.74 Å². The van der Waals surface area contributed by atoms with E-state index >= 15 is 0 Å². The second-order valence-corrected chi connectivity index (χ2v) is 7.84.